The Morgan fingerprint density at radius 3 is 2.67 bits per heavy atom. The van der Waals surface area contributed by atoms with E-state index in [0.29, 0.717) is 12.2 Å². The summed E-state index contributed by atoms with van der Waals surface area (Å²) in [6, 6.07) is 4.61. The summed E-state index contributed by atoms with van der Waals surface area (Å²) in [5.74, 6) is -0.747. The lowest BCUT2D eigenvalue weighted by Crippen LogP contribution is -2.41. The first kappa shape index (κ1) is 17.2. The predicted molar refractivity (Wildman–Crippen MR) is 84.2 cm³/mol. The largest absolute Gasteiger partial charge is 0.496 e. The van der Waals surface area contributed by atoms with E-state index in [1.807, 2.05) is 12.1 Å². The Bertz CT molecular complexity index is 557. The van der Waals surface area contributed by atoms with Crippen molar-refractivity contribution >= 4 is 33.9 Å². The molecule has 6 heteroatoms. The quantitative estimate of drug-likeness (QED) is 0.796. The summed E-state index contributed by atoms with van der Waals surface area (Å²) in [5.41, 5.74) is 0.733. The molecule has 0 fully saturated rings. The van der Waals surface area contributed by atoms with Crippen molar-refractivity contribution in [3.8, 4) is 5.75 Å². The van der Waals surface area contributed by atoms with Gasteiger partial charge in [0.15, 0.2) is 0 Å². The van der Waals surface area contributed by atoms with E-state index in [9.17, 15) is 9.59 Å². The van der Waals surface area contributed by atoms with Gasteiger partial charge in [-0.25, -0.2) is 4.79 Å². The number of likely N-dealkylation sites (N-methyl/N-ethyl adjacent to an activating group) is 1. The Kier molecular flexibility index (Phi) is 6.42. The van der Waals surface area contributed by atoms with Crippen molar-refractivity contribution in [1.82, 2.24) is 4.90 Å². The maximum Gasteiger partial charge on any atom is 0.326 e. The van der Waals surface area contributed by atoms with E-state index in [1.165, 1.54) is 18.0 Å². The molecule has 0 aromatic heterocycles. The van der Waals surface area contributed by atoms with E-state index in [2.05, 4.69) is 15.9 Å². The van der Waals surface area contributed by atoms with E-state index in [1.54, 1.807) is 26.2 Å². The van der Waals surface area contributed by atoms with Gasteiger partial charge in [0.05, 0.1) is 7.11 Å². The number of carboxylic acid groups (broad SMARTS) is 1. The van der Waals surface area contributed by atoms with Crippen LogP contribution in [-0.2, 0) is 9.59 Å². The number of carboxylic acids is 1. The molecule has 1 aromatic carbocycles. The molecule has 0 aliphatic rings. The van der Waals surface area contributed by atoms with Crippen LogP contribution in [0.3, 0.4) is 0 Å². The normalized spacial score (nSPS) is 12.2. The number of halogens is 1. The monoisotopic (exact) mass is 355 g/mol. The van der Waals surface area contributed by atoms with E-state index < -0.39 is 12.0 Å². The molecule has 1 rings (SSSR count). The number of benzene rings is 1. The van der Waals surface area contributed by atoms with Crippen molar-refractivity contribution in [1.29, 1.82) is 0 Å². The molecular formula is C15H18BrNO4. The highest BCUT2D eigenvalue weighted by molar-refractivity contribution is 9.10. The molecule has 5 nitrogen and oxygen atoms in total. The lowest BCUT2D eigenvalue weighted by molar-refractivity contribution is -0.147. The van der Waals surface area contributed by atoms with Crippen molar-refractivity contribution in [2.75, 3.05) is 14.2 Å². The average molecular weight is 356 g/mol. The molecule has 0 aliphatic carbocycles. The maximum absolute atomic E-state index is 12.0. The van der Waals surface area contributed by atoms with Gasteiger partial charge in [-0.3, -0.25) is 4.79 Å². The smallest absolute Gasteiger partial charge is 0.326 e. The summed E-state index contributed by atoms with van der Waals surface area (Å²) in [7, 11) is 3.03. The van der Waals surface area contributed by atoms with Gasteiger partial charge in [-0.05, 0) is 30.7 Å². The molecule has 0 heterocycles. The van der Waals surface area contributed by atoms with Gasteiger partial charge in [0.2, 0.25) is 5.91 Å². The van der Waals surface area contributed by atoms with Crippen LogP contribution in [0, 0.1) is 0 Å². The van der Waals surface area contributed by atoms with Crippen LogP contribution < -0.4 is 4.74 Å². The molecule has 0 saturated carbocycles. The van der Waals surface area contributed by atoms with Crippen LogP contribution in [-0.4, -0.2) is 42.1 Å². The third-order valence-corrected chi connectivity index (χ3v) is 3.58. The van der Waals surface area contributed by atoms with Crippen LogP contribution in [0.2, 0.25) is 0 Å². The van der Waals surface area contributed by atoms with Gasteiger partial charge >= 0.3 is 5.97 Å². The Morgan fingerprint density at radius 2 is 2.14 bits per heavy atom. The lowest BCUT2D eigenvalue weighted by atomic mass is 10.1. The predicted octanol–water partition coefficient (Wildman–Crippen LogP) is 2.79. The molecule has 1 N–H and O–H groups in total. The van der Waals surface area contributed by atoms with E-state index in [-0.39, 0.29) is 5.91 Å². The number of amides is 1. The minimum absolute atomic E-state index is 0.353. The second-order valence-corrected chi connectivity index (χ2v) is 5.35. The SMILES string of the molecule is CCC(C(=O)O)N(C)C(=O)C=Cc1cc(Br)ccc1OC. The van der Waals surface area contributed by atoms with E-state index in [0.717, 1.165) is 10.0 Å². The number of ether oxygens (including phenoxy) is 1. The fraction of sp³-hybridized carbons (Fsp3) is 0.333. The Labute approximate surface area is 132 Å². The van der Waals surface area contributed by atoms with Crippen molar-refractivity contribution in [3.05, 3.63) is 34.3 Å². The lowest BCUT2D eigenvalue weighted by Gasteiger charge is -2.22. The van der Waals surface area contributed by atoms with Gasteiger partial charge in [-0.1, -0.05) is 22.9 Å². The van der Waals surface area contributed by atoms with E-state index in [4.69, 9.17) is 9.84 Å². The Hall–Kier alpha value is -1.82. The second-order valence-electron chi connectivity index (χ2n) is 4.43. The molecule has 1 aromatic rings. The number of carbonyl (C=O) groups is 2. The standard InChI is InChI=1S/C15H18BrNO4/c1-4-12(15(19)20)17(2)14(18)8-5-10-9-11(16)6-7-13(10)21-3/h5-9,12H,4H2,1-3H3,(H,19,20). The van der Waals surface area contributed by atoms with Crippen LogP contribution in [0.4, 0.5) is 0 Å². The van der Waals surface area contributed by atoms with Crippen molar-refractivity contribution in [2.45, 2.75) is 19.4 Å². The van der Waals surface area contributed by atoms with Gasteiger partial charge in [-0.2, -0.15) is 0 Å². The van der Waals surface area contributed by atoms with Crippen LogP contribution in [0.5, 0.6) is 5.75 Å². The molecule has 0 saturated heterocycles. The molecule has 114 valence electrons. The van der Waals surface area contributed by atoms with Gasteiger partial charge in [-0.15, -0.1) is 0 Å². The van der Waals surface area contributed by atoms with Gasteiger partial charge in [0.1, 0.15) is 11.8 Å². The summed E-state index contributed by atoms with van der Waals surface area (Å²) in [6.45, 7) is 1.73. The average Bonchev–Trinajstić information content (AvgIpc) is 2.45. The molecule has 0 bridgehead atoms. The molecule has 0 spiro atoms. The first-order chi connectivity index (χ1) is 9.90. The summed E-state index contributed by atoms with van der Waals surface area (Å²) < 4.78 is 6.07. The van der Waals surface area contributed by atoms with Crippen LogP contribution in [0.1, 0.15) is 18.9 Å². The topological polar surface area (TPSA) is 66.8 Å². The minimum Gasteiger partial charge on any atom is -0.496 e. The Morgan fingerprint density at radius 1 is 1.48 bits per heavy atom. The number of nitrogens with zero attached hydrogens (tertiary/aromatic N) is 1. The van der Waals surface area contributed by atoms with E-state index >= 15 is 0 Å². The molecule has 1 amide bonds. The minimum atomic E-state index is -1.01. The number of methoxy groups -OCH3 is 1. The molecule has 0 aliphatic heterocycles. The van der Waals surface area contributed by atoms with Crippen molar-refractivity contribution in [2.24, 2.45) is 0 Å². The molecule has 1 unspecified atom stereocenters. The maximum atomic E-state index is 12.0. The zero-order chi connectivity index (χ0) is 16.0. The first-order valence-electron chi connectivity index (χ1n) is 6.41. The Balaban J connectivity index is 2.92. The summed E-state index contributed by atoms with van der Waals surface area (Å²) in [4.78, 5) is 24.3. The van der Waals surface area contributed by atoms with Gasteiger partial charge in [0, 0.05) is 23.2 Å². The van der Waals surface area contributed by atoms with Gasteiger partial charge < -0.3 is 14.7 Å². The van der Waals surface area contributed by atoms with Crippen molar-refractivity contribution < 1.29 is 19.4 Å². The zero-order valence-electron chi connectivity index (χ0n) is 12.2. The highest BCUT2D eigenvalue weighted by Gasteiger charge is 2.23. The summed E-state index contributed by atoms with van der Waals surface area (Å²) in [6.07, 6.45) is 3.30. The molecular weight excluding hydrogens is 338 g/mol. The zero-order valence-corrected chi connectivity index (χ0v) is 13.8. The molecule has 1 atom stereocenters. The van der Waals surface area contributed by atoms with Gasteiger partial charge in [0.25, 0.3) is 0 Å². The number of hydrogen-bond donors (Lipinski definition) is 1. The molecule has 0 radical (unpaired) electrons. The number of aliphatic carboxylic acids is 1. The third kappa shape index (κ3) is 4.60. The highest BCUT2D eigenvalue weighted by atomic mass is 79.9. The highest BCUT2D eigenvalue weighted by Crippen LogP contribution is 2.24. The number of carbonyl (C=O) groups excluding carboxylic acids is 1. The third-order valence-electron chi connectivity index (χ3n) is 3.08. The summed E-state index contributed by atoms with van der Waals surface area (Å²) in [5, 5.41) is 9.05. The fourth-order valence-electron chi connectivity index (χ4n) is 1.88. The van der Waals surface area contributed by atoms with Crippen LogP contribution in [0.15, 0.2) is 28.7 Å². The number of rotatable bonds is 6. The first-order valence-corrected chi connectivity index (χ1v) is 7.21. The van der Waals surface area contributed by atoms with Crippen LogP contribution >= 0.6 is 15.9 Å². The fourth-order valence-corrected chi connectivity index (χ4v) is 2.26. The van der Waals surface area contributed by atoms with Crippen molar-refractivity contribution in [3.63, 3.8) is 0 Å². The second kappa shape index (κ2) is 7.83. The molecule has 21 heavy (non-hydrogen) atoms. The number of hydrogen-bond acceptors (Lipinski definition) is 3. The summed E-state index contributed by atoms with van der Waals surface area (Å²) >= 11 is 3.35. The van der Waals surface area contributed by atoms with Crippen LogP contribution in [0.25, 0.3) is 6.08 Å².